The Hall–Kier alpha value is -1.55. The largest absolute Gasteiger partial charge is 0.399 e. The van der Waals surface area contributed by atoms with Crippen molar-refractivity contribution in [3.63, 3.8) is 0 Å². The minimum Gasteiger partial charge on any atom is -0.399 e. The third-order valence-electron chi connectivity index (χ3n) is 3.65. The van der Waals surface area contributed by atoms with E-state index in [1.54, 1.807) is 0 Å². The summed E-state index contributed by atoms with van der Waals surface area (Å²) in [6, 6.07) is 7.97. The Morgan fingerprint density at radius 2 is 2.00 bits per heavy atom. The van der Waals surface area contributed by atoms with Gasteiger partial charge >= 0.3 is 0 Å². The topological polar surface area (TPSA) is 49.6 Å². The molecule has 1 fully saturated rings. The lowest BCUT2D eigenvalue weighted by Crippen LogP contribution is -2.52. The molecule has 1 aromatic carbocycles. The van der Waals surface area contributed by atoms with Gasteiger partial charge in [-0.05, 0) is 31.7 Å². The summed E-state index contributed by atoms with van der Waals surface area (Å²) in [5.41, 5.74) is 7.40. The molecule has 4 nitrogen and oxygen atoms in total. The minimum atomic E-state index is 0.208. The van der Waals surface area contributed by atoms with E-state index in [2.05, 4.69) is 18.9 Å². The molecule has 2 N–H and O–H groups in total. The molecule has 0 saturated carbocycles. The maximum Gasteiger partial charge on any atom is 0.227 e. The van der Waals surface area contributed by atoms with Crippen molar-refractivity contribution in [1.82, 2.24) is 9.80 Å². The molecule has 2 rings (SSSR count). The molecule has 1 heterocycles. The third kappa shape index (κ3) is 3.01. The van der Waals surface area contributed by atoms with Crippen molar-refractivity contribution in [2.24, 2.45) is 0 Å². The predicted molar refractivity (Wildman–Crippen MR) is 73.2 cm³/mol. The number of carbonyl (C=O) groups is 1. The molecule has 18 heavy (non-hydrogen) atoms. The van der Waals surface area contributed by atoms with Gasteiger partial charge in [-0.2, -0.15) is 0 Å². The van der Waals surface area contributed by atoms with E-state index in [9.17, 15) is 4.79 Å². The number of amides is 1. The van der Waals surface area contributed by atoms with Crippen LogP contribution < -0.4 is 5.73 Å². The number of rotatable bonds is 2. The first kappa shape index (κ1) is 12.9. The number of nitrogens with zero attached hydrogens (tertiary/aromatic N) is 2. The highest BCUT2D eigenvalue weighted by molar-refractivity contribution is 5.79. The fourth-order valence-electron chi connectivity index (χ4n) is 2.20. The van der Waals surface area contributed by atoms with Crippen molar-refractivity contribution in [2.45, 2.75) is 19.4 Å². The van der Waals surface area contributed by atoms with E-state index in [1.807, 2.05) is 29.2 Å². The molecular weight excluding hydrogens is 226 g/mol. The van der Waals surface area contributed by atoms with Crippen LogP contribution in [-0.4, -0.2) is 48.4 Å². The molecule has 0 aromatic heterocycles. The second kappa shape index (κ2) is 5.40. The van der Waals surface area contributed by atoms with E-state index < -0.39 is 0 Å². The maximum absolute atomic E-state index is 12.2. The van der Waals surface area contributed by atoms with Gasteiger partial charge in [0.05, 0.1) is 6.42 Å². The summed E-state index contributed by atoms with van der Waals surface area (Å²) in [7, 11) is 2.10. The monoisotopic (exact) mass is 247 g/mol. The van der Waals surface area contributed by atoms with Crippen LogP contribution in [-0.2, 0) is 11.2 Å². The lowest BCUT2D eigenvalue weighted by molar-refractivity contribution is -0.133. The van der Waals surface area contributed by atoms with Gasteiger partial charge in [0.25, 0.3) is 0 Å². The van der Waals surface area contributed by atoms with E-state index >= 15 is 0 Å². The molecule has 0 aliphatic carbocycles. The van der Waals surface area contributed by atoms with Gasteiger partial charge in [0.1, 0.15) is 0 Å². The fraction of sp³-hybridized carbons (Fsp3) is 0.500. The number of nitrogen functional groups attached to an aromatic ring is 1. The summed E-state index contributed by atoms with van der Waals surface area (Å²) in [5, 5.41) is 0. The Balaban J connectivity index is 1.94. The van der Waals surface area contributed by atoms with E-state index in [-0.39, 0.29) is 5.91 Å². The molecule has 1 aromatic rings. The highest BCUT2D eigenvalue weighted by atomic mass is 16.2. The van der Waals surface area contributed by atoms with Crippen LogP contribution in [0.5, 0.6) is 0 Å². The normalized spacial score (nSPS) is 21.0. The van der Waals surface area contributed by atoms with Gasteiger partial charge in [-0.1, -0.05) is 12.1 Å². The van der Waals surface area contributed by atoms with Gasteiger partial charge in [0, 0.05) is 31.4 Å². The van der Waals surface area contributed by atoms with Crippen LogP contribution in [0.1, 0.15) is 12.5 Å². The first-order valence-electron chi connectivity index (χ1n) is 6.38. The second-order valence-electron chi connectivity index (χ2n) is 5.09. The SMILES string of the molecule is C[C@@H]1CN(C(=O)Cc2ccc(N)cc2)CCN1C. The number of hydrogen-bond acceptors (Lipinski definition) is 3. The lowest BCUT2D eigenvalue weighted by Gasteiger charge is -2.37. The van der Waals surface area contributed by atoms with E-state index in [0.717, 1.165) is 30.9 Å². The van der Waals surface area contributed by atoms with E-state index in [0.29, 0.717) is 12.5 Å². The van der Waals surface area contributed by atoms with E-state index in [1.165, 1.54) is 0 Å². The lowest BCUT2D eigenvalue weighted by atomic mass is 10.1. The number of anilines is 1. The summed E-state index contributed by atoms with van der Waals surface area (Å²) in [4.78, 5) is 16.4. The molecule has 1 aliphatic rings. The zero-order chi connectivity index (χ0) is 13.1. The number of benzene rings is 1. The highest BCUT2D eigenvalue weighted by Crippen LogP contribution is 2.11. The van der Waals surface area contributed by atoms with Crippen LogP contribution in [0.2, 0.25) is 0 Å². The highest BCUT2D eigenvalue weighted by Gasteiger charge is 2.23. The van der Waals surface area contributed by atoms with Crippen molar-refractivity contribution in [3.8, 4) is 0 Å². The van der Waals surface area contributed by atoms with Crippen molar-refractivity contribution in [2.75, 3.05) is 32.4 Å². The van der Waals surface area contributed by atoms with Gasteiger partial charge in [0.15, 0.2) is 0 Å². The zero-order valence-corrected chi connectivity index (χ0v) is 11.1. The van der Waals surface area contributed by atoms with Crippen molar-refractivity contribution in [1.29, 1.82) is 0 Å². The molecule has 1 atom stereocenters. The van der Waals surface area contributed by atoms with Crippen molar-refractivity contribution in [3.05, 3.63) is 29.8 Å². The summed E-state index contributed by atoms with van der Waals surface area (Å²) in [6.07, 6.45) is 0.469. The standard InChI is InChI=1S/C14H21N3O/c1-11-10-17(8-7-16(11)2)14(18)9-12-3-5-13(15)6-4-12/h3-6,11H,7-10,15H2,1-2H3/t11-/m1/s1. The van der Waals surface area contributed by atoms with Crippen molar-refractivity contribution >= 4 is 11.6 Å². The third-order valence-corrected chi connectivity index (χ3v) is 3.65. The molecule has 0 radical (unpaired) electrons. The Kier molecular flexibility index (Phi) is 3.87. The number of likely N-dealkylation sites (N-methyl/N-ethyl adjacent to an activating group) is 1. The Bertz CT molecular complexity index is 416. The molecule has 1 amide bonds. The number of nitrogens with two attached hydrogens (primary N) is 1. The van der Waals surface area contributed by atoms with Gasteiger partial charge in [-0.3, -0.25) is 4.79 Å². The minimum absolute atomic E-state index is 0.208. The Morgan fingerprint density at radius 1 is 1.33 bits per heavy atom. The number of hydrogen-bond donors (Lipinski definition) is 1. The van der Waals surface area contributed by atoms with Crippen molar-refractivity contribution < 1.29 is 4.79 Å². The molecule has 4 heteroatoms. The van der Waals surface area contributed by atoms with Crippen LogP contribution in [0.3, 0.4) is 0 Å². The van der Waals surface area contributed by atoms with Crippen LogP contribution in [0.4, 0.5) is 5.69 Å². The first-order valence-corrected chi connectivity index (χ1v) is 6.38. The van der Waals surface area contributed by atoms with Gasteiger partial charge < -0.3 is 15.5 Å². The van der Waals surface area contributed by atoms with E-state index in [4.69, 9.17) is 5.73 Å². The predicted octanol–water partition coefficient (Wildman–Crippen LogP) is 0.974. The Labute approximate surface area is 108 Å². The fourth-order valence-corrected chi connectivity index (χ4v) is 2.20. The summed E-state index contributed by atoms with van der Waals surface area (Å²) >= 11 is 0. The van der Waals surface area contributed by atoms with Gasteiger partial charge in [-0.15, -0.1) is 0 Å². The summed E-state index contributed by atoms with van der Waals surface area (Å²) in [6.45, 7) is 4.76. The first-order chi connectivity index (χ1) is 8.56. The molecule has 0 bridgehead atoms. The van der Waals surface area contributed by atoms with Crippen LogP contribution in [0.15, 0.2) is 24.3 Å². The molecule has 1 aliphatic heterocycles. The van der Waals surface area contributed by atoms with Crippen LogP contribution >= 0.6 is 0 Å². The number of piperazine rings is 1. The summed E-state index contributed by atoms with van der Waals surface area (Å²) in [5.74, 6) is 0.208. The molecule has 98 valence electrons. The average Bonchev–Trinajstić information content (AvgIpc) is 2.35. The smallest absolute Gasteiger partial charge is 0.227 e. The van der Waals surface area contributed by atoms with Gasteiger partial charge in [-0.25, -0.2) is 0 Å². The Morgan fingerprint density at radius 3 is 2.61 bits per heavy atom. The molecule has 1 saturated heterocycles. The number of carbonyl (C=O) groups excluding carboxylic acids is 1. The molecule has 0 spiro atoms. The maximum atomic E-state index is 12.2. The average molecular weight is 247 g/mol. The van der Waals surface area contributed by atoms with Crippen LogP contribution in [0.25, 0.3) is 0 Å². The quantitative estimate of drug-likeness (QED) is 0.792. The zero-order valence-electron chi connectivity index (χ0n) is 11.1. The molecule has 0 unspecified atom stereocenters. The molecular formula is C14H21N3O. The van der Waals surface area contributed by atoms with Crippen LogP contribution in [0, 0.1) is 0 Å². The summed E-state index contributed by atoms with van der Waals surface area (Å²) < 4.78 is 0. The van der Waals surface area contributed by atoms with Gasteiger partial charge in [0.2, 0.25) is 5.91 Å². The second-order valence-corrected chi connectivity index (χ2v) is 5.09.